The summed E-state index contributed by atoms with van der Waals surface area (Å²) in [7, 11) is 0. The lowest BCUT2D eigenvalue weighted by molar-refractivity contribution is 0.0944. The molecule has 7 heteroatoms. The van der Waals surface area contributed by atoms with E-state index in [0.29, 0.717) is 20.0 Å². The van der Waals surface area contributed by atoms with Gasteiger partial charge in [-0.2, -0.15) is 0 Å². The van der Waals surface area contributed by atoms with Gasteiger partial charge in [0.2, 0.25) is 0 Å². The molecule has 2 heterocycles. The summed E-state index contributed by atoms with van der Waals surface area (Å²) in [4.78, 5) is 15.4. The maximum Gasteiger partial charge on any atom is 0.263 e. The Balaban J connectivity index is 1.48. The van der Waals surface area contributed by atoms with Crippen LogP contribution in [0.3, 0.4) is 0 Å². The second kappa shape index (κ2) is 8.07. The molecule has 2 aromatic carbocycles. The summed E-state index contributed by atoms with van der Waals surface area (Å²) in [6, 6.07) is 12.4. The highest BCUT2D eigenvalue weighted by Gasteiger charge is 2.20. The predicted molar refractivity (Wildman–Crippen MR) is 112 cm³/mol. The number of halogens is 2. The number of hydrogen-bond acceptors (Lipinski definition) is 4. The van der Waals surface area contributed by atoms with E-state index in [-0.39, 0.29) is 17.8 Å². The highest BCUT2D eigenvalue weighted by molar-refractivity contribution is 7.21. The van der Waals surface area contributed by atoms with Crippen molar-refractivity contribution >= 4 is 44.6 Å². The van der Waals surface area contributed by atoms with Crippen LogP contribution in [0.1, 0.15) is 28.2 Å². The molecule has 1 aromatic heterocycles. The third-order valence-electron chi connectivity index (χ3n) is 4.91. The van der Waals surface area contributed by atoms with Gasteiger partial charge < -0.3 is 15.0 Å². The Morgan fingerprint density at radius 3 is 2.64 bits per heavy atom. The van der Waals surface area contributed by atoms with Crippen LogP contribution < -0.4 is 10.2 Å². The minimum atomic E-state index is -0.342. The number of anilines is 1. The van der Waals surface area contributed by atoms with E-state index >= 15 is 0 Å². The monoisotopic (exact) mass is 418 g/mol. The summed E-state index contributed by atoms with van der Waals surface area (Å²) < 4.78 is 19.5. The van der Waals surface area contributed by atoms with Gasteiger partial charge in [-0.1, -0.05) is 23.7 Å². The smallest absolute Gasteiger partial charge is 0.263 e. The number of rotatable bonds is 4. The highest BCUT2D eigenvalue weighted by atomic mass is 35.5. The van der Waals surface area contributed by atoms with Crippen molar-refractivity contribution in [2.45, 2.75) is 13.0 Å². The topological polar surface area (TPSA) is 41.6 Å². The number of nitrogens with one attached hydrogen (secondary N) is 1. The molecule has 0 radical (unpaired) electrons. The minimum absolute atomic E-state index is 0.177. The van der Waals surface area contributed by atoms with E-state index < -0.39 is 0 Å². The Kier molecular flexibility index (Phi) is 5.53. The van der Waals surface area contributed by atoms with Crippen molar-refractivity contribution < 1.29 is 13.9 Å². The van der Waals surface area contributed by atoms with Crippen molar-refractivity contribution in [3.05, 3.63) is 63.7 Å². The van der Waals surface area contributed by atoms with Crippen molar-refractivity contribution in [1.82, 2.24) is 5.32 Å². The van der Waals surface area contributed by atoms with Crippen molar-refractivity contribution in [3.8, 4) is 0 Å². The second-order valence-electron chi connectivity index (χ2n) is 6.77. The Bertz CT molecular complexity index is 1000. The minimum Gasteiger partial charge on any atom is -0.378 e. The lowest BCUT2D eigenvalue weighted by Crippen LogP contribution is -2.36. The van der Waals surface area contributed by atoms with Gasteiger partial charge in [0.25, 0.3) is 5.91 Å². The van der Waals surface area contributed by atoms with E-state index in [1.807, 2.05) is 19.1 Å². The average molecular weight is 419 g/mol. The molecule has 4 rings (SSSR count). The van der Waals surface area contributed by atoms with Gasteiger partial charge in [-0.15, -0.1) is 11.3 Å². The normalized spacial score (nSPS) is 15.6. The van der Waals surface area contributed by atoms with Gasteiger partial charge in [-0.05, 0) is 42.8 Å². The van der Waals surface area contributed by atoms with Crippen LogP contribution in [-0.4, -0.2) is 32.2 Å². The number of nitrogens with zero attached hydrogens (tertiary/aromatic N) is 1. The zero-order valence-electron chi connectivity index (χ0n) is 15.4. The molecule has 28 heavy (non-hydrogen) atoms. The van der Waals surface area contributed by atoms with Gasteiger partial charge in [0.15, 0.2) is 0 Å². The van der Waals surface area contributed by atoms with Crippen molar-refractivity contribution in [2.75, 3.05) is 31.2 Å². The van der Waals surface area contributed by atoms with Crippen LogP contribution in [-0.2, 0) is 4.74 Å². The SMILES string of the molecule is CC(NC(=O)c1sc2cc(F)ccc2c1Cl)c1ccc(N2CCOCC2)cc1. The number of hydrogen-bond donors (Lipinski definition) is 1. The van der Waals surface area contributed by atoms with Gasteiger partial charge in [-0.25, -0.2) is 4.39 Å². The molecular weight excluding hydrogens is 399 g/mol. The Hall–Kier alpha value is -2.15. The molecule has 1 unspecified atom stereocenters. The molecule has 0 saturated carbocycles. The van der Waals surface area contributed by atoms with Crippen molar-refractivity contribution in [3.63, 3.8) is 0 Å². The molecule has 1 atom stereocenters. The standard InChI is InChI=1S/C21H20ClFN2O2S/c1-13(14-2-5-16(6-3-14)25-8-10-27-11-9-25)24-21(26)20-19(22)17-7-4-15(23)12-18(17)28-20/h2-7,12-13H,8-11H2,1H3,(H,24,26). The molecule has 1 aliphatic heterocycles. The Morgan fingerprint density at radius 1 is 1.21 bits per heavy atom. The lowest BCUT2D eigenvalue weighted by Gasteiger charge is -2.29. The maximum absolute atomic E-state index is 13.4. The number of morpholine rings is 1. The summed E-state index contributed by atoms with van der Waals surface area (Å²) >= 11 is 7.55. The molecule has 0 aliphatic carbocycles. The van der Waals surface area contributed by atoms with Crippen LogP contribution in [0.5, 0.6) is 0 Å². The lowest BCUT2D eigenvalue weighted by atomic mass is 10.1. The summed E-state index contributed by atoms with van der Waals surface area (Å²) in [6.07, 6.45) is 0. The van der Waals surface area contributed by atoms with E-state index in [9.17, 15) is 9.18 Å². The van der Waals surface area contributed by atoms with Gasteiger partial charge in [0.1, 0.15) is 10.7 Å². The molecule has 1 amide bonds. The zero-order valence-corrected chi connectivity index (χ0v) is 16.9. The number of thiophene rings is 1. The quantitative estimate of drug-likeness (QED) is 0.646. The van der Waals surface area contributed by atoms with E-state index in [0.717, 1.165) is 37.6 Å². The Morgan fingerprint density at radius 2 is 1.93 bits per heavy atom. The number of carbonyl (C=O) groups is 1. The van der Waals surface area contributed by atoms with Gasteiger partial charge in [0, 0.05) is 28.9 Å². The summed E-state index contributed by atoms with van der Waals surface area (Å²) in [6.45, 7) is 5.19. The van der Waals surface area contributed by atoms with E-state index in [1.165, 1.54) is 23.5 Å². The van der Waals surface area contributed by atoms with Crippen LogP contribution in [0.2, 0.25) is 5.02 Å². The molecule has 0 bridgehead atoms. The largest absolute Gasteiger partial charge is 0.378 e. The highest BCUT2D eigenvalue weighted by Crippen LogP contribution is 2.36. The van der Waals surface area contributed by atoms with Crippen LogP contribution in [0.25, 0.3) is 10.1 Å². The molecule has 3 aromatic rings. The average Bonchev–Trinajstić information content (AvgIpc) is 3.04. The second-order valence-corrected chi connectivity index (χ2v) is 8.20. The number of amides is 1. The fourth-order valence-electron chi connectivity index (χ4n) is 3.33. The summed E-state index contributed by atoms with van der Waals surface area (Å²) in [5, 5.41) is 4.05. The molecule has 0 spiro atoms. The zero-order chi connectivity index (χ0) is 19.7. The van der Waals surface area contributed by atoms with Gasteiger partial charge >= 0.3 is 0 Å². The first-order valence-electron chi connectivity index (χ1n) is 9.14. The first-order valence-corrected chi connectivity index (χ1v) is 10.3. The fourth-order valence-corrected chi connectivity index (χ4v) is 4.77. The van der Waals surface area contributed by atoms with Crippen LogP contribution in [0.15, 0.2) is 42.5 Å². The molecule has 146 valence electrons. The van der Waals surface area contributed by atoms with E-state index in [4.69, 9.17) is 16.3 Å². The third-order valence-corrected chi connectivity index (χ3v) is 6.57. The number of carbonyl (C=O) groups excluding carboxylic acids is 1. The third kappa shape index (κ3) is 3.85. The summed E-state index contributed by atoms with van der Waals surface area (Å²) in [5.41, 5.74) is 2.16. The van der Waals surface area contributed by atoms with E-state index in [1.54, 1.807) is 6.07 Å². The fraction of sp³-hybridized carbons (Fsp3) is 0.286. The van der Waals surface area contributed by atoms with Crippen molar-refractivity contribution in [2.24, 2.45) is 0 Å². The van der Waals surface area contributed by atoms with Gasteiger partial charge in [-0.3, -0.25) is 4.79 Å². The molecular formula is C21H20ClFN2O2S. The molecule has 1 N–H and O–H groups in total. The first kappa shape index (κ1) is 19.2. The number of fused-ring (bicyclic) bond motifs is 1. The number of benzene rings is 2. The molecule has 1 aliphatic rings. The molecule has 1 fully saturated rings. The molecule has 4 nitrogen and oxygen atoms in total. The summed E-state index contributed by atoms with van der Waals surface area (Å²) in [5.74, 6) is -0.595. The maximum atomic E-state index is 13.4. The predicted octanol–water partition coefficient (Wildman–Crippen LogP) is 5.02. The molecule has 1 saturated heterocycles. The Labute approximate surface area is 171 Å². The number of ether oxygens (including phenoxy) is 1. The van der Waals surface area contributed by atoms with Crippen LogP contribution >= 0.6 is 22.9 Å². The van der Waals surface area contributed by atoms with Crippen LogP contribution in [0, 0.1) is 5.82 Å². The van der Waals surface area contributed by atoms with Gasteiger partial charge in [0.05, 0.1) is 24.3 Å². The van der Waals surface area contributed by atoms with E-state index in [2.05, 4.69) is 22.3 Å². The van der Waals surface area contributed by atoms with Crippen molar-refractivity contribution in [1.29, 1.82) is 0 Å². The van der Waals surface area contributed by atoms with Crippen LogP contribution in [0.4, 0.5) is 10.1 Å². The first-order chi connectivity index (χ1) is 13.5.